The molecule has 0 bridgehead atoms. The van der Waals surface area contributed by atoms with Crippen LogP contribution in [0.15, 0.2) is 47.5 Å². The maximum absolute atomic E-state index is 12.2. The van der Waals surface area contributed by atoms with Crippen molar-refractivity contribution < 1.29 is 14.3 Å². The molecule has 3 rings (SSSR count). The number of nitrogens with zero attached hydrogens (tertiary/aromatic N) is 1. The molecule has 1 amide bonds. The van der Waals surface area contributed by atoms with Gasteiger partial charge in [0.15, 0.2) is 0 Å². The van der Waals surface area contributed by atoms with Crippen molar-refractivity contribution in [3.63, 3.8) is 0 Å². The summed E-state index contributed by atoms with van der Waals surface area (Å²) >= 11 is 2.76. The van der Waals surface area contributed by atoms with Crippen molar-refractivity contribution in [1.29, 1.82) is 0 Å². The molecule has 1 heterocycles. The number of amidine groups is 1. The molecule has 0 aliphatic carbocycles. The zero-order valence-electron chi connectivity index (χ0n) is 11.8. The molecule has 5 nitrogen and oxygen atoms in total. The maximum atomic E-state index is 12.2. The van der Waals surface area contributed by atoms with Gasteiger partial charge in [-0.15, -0.1) is 0 Å². The minimum atomic E-state index is -0.261. The summed E-state index contributed by atoms with van der Waals surface area (Å²) in [6.07, 6.45) is 0. The van der Waals surface area contributed by atoms with Crippen molar-refractivity contribution in [1.82, 2.24) is 5.32 Å². The Kier molecular flexibility index (Phi) is 4.13. The molecular formula is C16H13N2O3Se. The standard InChI is InChI=1S/C16H13N2O3Se/c1-10-2-5-12(6-3-10)17-16(22)18-15(19)11-4-7-13-14(8-11)21-9-20-13/h2-8H,9H2,1H3,(H,17,18,19). The van der Waals surface area contributed by atoms with Crippen molar-refractivity contribution >= 4 is 32.3 Å². The first-order chi connectivity index (χ1) is 10.6. The third-order valence-corrected chi connectivity index (χ3v) is 3.53. The second-order valence-electron chi connectivity index (χ2n) is 4.77. The van der Waals surface area contributed by atoms with Crippen LogP contribution in [0.3, 0.4) is 0 Å². The number of hydrogen-bond donors (Lipinski definition) is 1. The van der Waals surface area contributed by atoms with Gasteiger partial charge in [-0.05, 0) is 0 Å². The first-order valence-corrected chi connectivity index (χ1v) is 7.51. The predicted octanol–water partition coefficient (Wildman–Crippen LogP) is 2.31. The molecule has 0 aromatic heterocycles. The fourth-order valence-electron chi connectivity index (χ4n) is 1.97. The van der Waals surface area contributed by atoms with Gasteiger partial charge in [0, 0.05) is 0 Å². The Labute approximate surface area is 136 Å². The number of aliphatic imine (C=N–C) groups is 1. The average Bonchev–Trinajstić information content (AvgIpc) is 2.97. The van der Waals surface area contributed by atoms with E-state index in [1.54, 1.807) is 18.2 Å². The van der Waals surface area contributed by atoms with Crippen LogP contribution in [-0.2, 0) is 0 Å². The summed E-state index contributed by atoms with van der Waals surface area (Å²) in [6, 6.07) is 12.8. The molecule has 0 fully saturated rings. The van der Waals surface area contributed by atoms with Crippen LogP contribution in [0.4, 0.5) is 5.69 Å². The molecule has 0 spiro atoms. The molecule has 0 atom stereocenters. The minimum absolute atomic E-state index is 0.183. The Morgan fingerprint density at radius 1 is 1.14 bits per heavy atom. The molecule has 6 heteroatoms. The Bertz CT molecular complexity index is 742. The van der Waals surface area contributed by atoms with Gasteiger partial charge in [0.25, 0.3) is 0 Å². The van der Waals surface area contributed by atoms with E-state index >= 15 is 0 Å². The summed E-state index contributed by atoms with van der Waals surface area (Å²) in [6.45, 7) is 2.19. The fraction of sp³-hybridized carbons (Fsp3) is 0.125. The zero-order chi connectivity index (χ0) is 15.5. The molecule has 0 saturated carbocycles. The molecule has 2 aromatic rings. The van der Waals surface area contributed by atoms with E-state index in [0.717, 1.165) is 11.3 Å². The van der Waals surface area contributed by atoms with E-state index in [0.29, 0.717) is 21.8 Å². The average molecular weight is 360 g/mol. The number of benzene rings is 2. The molecule has 111 valence electrons. The van der Waals surface area contributed by atoms with Crippen LogP contribution in [0.2, 0.25) is 0 Å². The summed E-state index contributed by atoms with van der Waals surface area (Å²) in [7, 11) is 0. The van der Waals surface area contributed by atoms with Crippen LogP contribution in [0.25, 0.3) is 0 Å². The summed E-state index contributed by atoms with van der Waals surface area (Å²) in [4.78, 5) is 16.5. The normalized spacial score (nSPS) is 13.0. The zero-order valence-corrected chi connectivity index (χ0v) is 13.5. The Hall–Kier alpha value is -2.30. The number of nitrogens with one attached hydrogen (secondary N) is 1. The van der Waals surface area contributed by atoms with E-state index in [9.17, 15) is 4.79 Å². The van der Waals surface area contributed by atoms with E-state index < -0.39 is 0 Å². The van der Waals surface area contributed by atoms with Gasteiger partial charge in [-0.25, -0.2) is 0 Å². The third-order valence-electron chi connectivity index (χ3n) is 3.12. The number of rotatable bonds is 2. The monoisotopic (exact) mass is 361 g/mol. The fourth-order valence-corrected chi connectivity index (χ4v) is 2.39. The number of amides is 1. The van der Waals surface area contributed by atoms with Crippen LogP contribution >= 0.6 is 0 Å². The molecule has 2 aromatic carbocycles. The second kappa shape index (κ2) is 6.22. The van der Waals surface area contributed by atoms with E-state index in [1.807, 2.05) is 31.2 Å². The summed E-state index contributed by atoms with van der Waals surface area (Å²) in [5, 5.41) is 2.71. The van der Waals surface area contributed by atoms with E-state index in [1.165, 1.54) is 0 Å². The van der Waals surface area contributed by atoms with Crippen LogP contribution < -0.4 is 14.8 Å². The SMILES string of the molecule is Cc1ccc(N=C([Se])NC(=O)c2ccc3c(c2)OCO3)cc1. The van der Waals surface area contributed by atoms with E-state index in [4.69, 9.17) is 9.47 Å². The van der Waals surface area contributed by atoms with Gasteiger partial charge in [-0.1, -0.05) is 0 Å². The van der Waals surface area contributed by atoms with Gasteiger partial charge < -0.3 is 0 Å². The van der Waals surface area contributed by atoms with Crippen LogP contribution in [0.1, 0.15) is 15.9 Å². The molecular weight excluding hydrogens is 347 g/mol. The van der Waals surface area contributed by atoms with E-state index in [2.05, 4.69) is 26.3 Å². The van der Waals surface area contributed by atoms with Crippen molar-refractivity contribution in [2.75, 3.05) is 6.79 Å². The molecule has 1 aliphatic heterocycles. The van der Waals surface area contributed by atoms with Gasteiger partial charge in [0.2, 0.25) is 0 Å². The Balaban J connectivity index is 1.72. The molecule has 22 heavy (non-hydrogen) atoms. The van der Waals surface area contributed by atoms with Gasteiger partial charge in [0.05, 0.1) is 0 Å². The van der Waals surface area contributed by atoms with Crippen LogP contribution in [-0.4, -0.2) is 33.4 Å². The van der Waals surface area contributed by atoms with Crippen molar-refractivity contribution in [2.45, 2.75) is 6.92 Å². The van der Waals surface area contributed by atoms with Crippen molar-refractivity contribution in [2.24, 2.45) is 4.99 Å². The number of aryl methyl sites for hydroxylation is 1. The van der Waals surface area contributed by atoms with Crippen LogP contribution in [0.5, 0.6) is 11.5 Å². The van der Waals surface area contributed by atoms with Gasteiger partial charge in [-0.2, -0.15) is 0 Å². The first kappa shape index (κ1) is 14.6. The van der Waals surface area contributed by atoms with Gasteiger partial charge >= 0.3 is 136 Å². The number of ether oxygens (including phenoxy) is 2. The number of hydrogen-bond acceptors (Lipinski definition) is 4. The summed E-state index contributed by atoms with van der Waals surface area (Å²) < 4.78 is 10.9. The molecule has 0 saturated heterocycles. The van der Waals surface area contributed by atoms with E-state index in [-0.39, 0.29) is 12.7 Å². The predicted molar refractivity (Wildman–Crippen MR) is 84.1 cm³/mol. The number of carbonyl (C=O) groups excluding carboxylic acids is 1. The van der Waals surface area contributed by atoms with Crippen molar-refractivity contribution in [3.05, 3.63) is 53.6 Å². The van der Waals surface area contributed by atoms with Crippen molar-refractivity contribution in [3.8, 4) is 11.5 Å². The molecule has 1 N–H and O–H groups in total. The van der Waals surface area contributed by atoms with Gasteiger partial charge in [-0.3, -0.25) is 0 Å². The van der Waals surface area contributed by atoms with Crippen LogP contribution in [0, 0.1) is 6.92 Å². The second-order valence-corrected chi connectivity index (χ2v) is 5.59. The summed E-state index contributed by atoms with van der Waals surface area (Å²) in [5.41, 5.74) is 2.41. The Morgan fingerprint density at radius 3 is 2.64 bits per heavy atom. The topological polar surface area (TPSA) is 59.9 Å². The summed E-state index contributed by atoms with van der Waals surface area (Å²) in [5.74, 6) is 0.959. The molecule has 1 radical (unpaired) electrons. The molecule has 0 unspecified atom stereocenters. The van der Waals surface area contributed by atoms with Gasteiger partial charge in [0.1, 0.15) is 0 Å². The third kappa shape index (κ3) is 3.30. The quantitative estimate of drug-likeness (QED) is 0.508. The first-order valence-electron chi connectivity index (χ1n) is 6.65. The Morgan fingerprint density at radius 2 is 1.86 bits per heavy atom. The number of carbonyl (C=O) groups is 1. The number of fused-ring (bicyclic) bond motifs is 1. The molecule has 1 aliphatic rings.